The second-order valence-electron chi connectivity index (χ2n) is 10.00. The summed E-state index contributed by atoms with van der Waals surface area (Å²) in [5, 5.41) is 3.70. The van der Waals surface area contributed by atoms with Gasteiger partial charge >= 0.3 is 0 Å². The van der Waals surface area contributed by atoms with Crippen molar-refractivity contribution < 1.29 is 22.7 Å². The van der Waals surface area contributed by atoms with Crippen molar-refractivity contribution in [2.75, 3.05) is 18.0 Å². The van der Waals surface area contributed by atoms with Gasteiger partial charge in [-0.2, -0.15) is 0 Å². The van der Waals surface area contributed by atoms with Crippen LogP contribution in [-0.4, -0.2) is 50.9 Å². The minimum Gasteiger partial charge on any atom is -0.495 e. The number of carbonyl (C=O) groups excluding carboxylic acids is 2. The van der Waals surface area contributed by atoms with Crippen LogP contribution >= 0.6 is 23.2 Å². The van der Waals surface area contributed by atoms with E-state index < -0.39 is 28.5 Å². The summed E-state index contributed by atoms with van der Waals surface area (Å²) in [6.07, 6.45) is 0.994. The van der Waals surface area contributed by atoms with Gasteiger partial charge in [0.25, 0.3) is 10.0 Å². The number of benzene rings is 3. The van der Waals surface area contributed by atoms with Crippen molar-refractivity contribution >= 4 is 50.7 Å². The molecular weight excluding hydrogens is 597 g/mol. The molecule has 2 atom stereocenters. The van der Waals surface area contributed by atoms with Gasteiger partial charge in [0, 0.05) is 22.6 Å². The first-order chi connectivity index (χ1) is 19.9. The highest BCUT2D eigenvalue weighted by Gasteiger charge is 2.35. The number of rotatable bonds is 13. The maximum absolute atomic E-state index is 14.2. The van der Waals surface area contributed by atoms with Crippen molar-refractivity contribution in [2.24, 2.45) is 0 Å². The first-order valence-electron chi connectivity index (χ1n) is 13.7. The lowest BCUT2D eigenvalue weighted by Crippen LogP contribution is -2.53. The zero-order valence-electron chi connectivity index (χ0n) is 24.4. The molecule has 11 heteroatoms. The molecule has 226 valence electrons. The Kier molecular flexibility index (Phi) is 11.7. The smallest absolute Gasteiger partial charge is 0.264 e. The fraction of sp³-hybridized carbons (Fsp3) is 0.355. The number of hydrogen-bond donors (Lipinski definition) is 1. The summed E-state index contributed by atoms with van der Waals surface area (Å²) in [4.78, 5) is 29.0. The molecule has 0 aliphatic carbocycles. The summed E-state index contributed by atoms with van der Waals surface area (Å²) < 4.78 is 34.6. The number of para-hydroxylation sites is 2. The molecule has 42 heavy (non-hydrogen) atoms. The number of hydrogen-bond acceptors (Lipinski definition) is 5. The van der Waals surface area contributed by atoms with E-state index in [2.05, 4.69) is 5.32 Å². The number of halogens is 2. The van der Waals surface area contributed by atoms with Crippen LogP contribution in [0, 0.1) is 6.92 Å². The molecule has 0 bridgehead atoms. The van der Waals surface area contributed by atoms with Crippen molar-refractivity contribution in [3.05, 3.63) is 87.9 Å². The van der Waals surface area contributed by atoms with Gasteiger partial charge in [0.05, 0.1) is 17.7 Å². The Morgan fingerprint density at radius 2 is 1.64 bits per heavy atom. The fourth-order valence-electron chi connectivity index (χ4n) is 4.38. The van der Waals surface area contributed by atoms with Crippen molar-refractivity contribution in [1.29, 1.82) is 0 Å². The predicted octanol–water partition coefficient (Wildman–Crippen LogP) is 6.23. The summed E-state index contributed by atoms with van der Waals surface area (Å²) >= 11 is 12.6. The average Bonchev–Trinajstić information content (AvgIpc) is 2.96. The summed E-state index contributed by atoms with van der Waals surface area (Å²) in [5.74, 6) is -0.654. The molecule has 0 saturated heterocycles. The summed E-state index contributed by atoms with van der Waals surface area (Å²) in [6.45, 7) is 6.85. The van der Waals surface area contributed by atoms with E-state index in [9.17, 15) is 18.0 Å². The van der Waals surface area contributed by atoms with Gasteiger partial charge in [0.2, 0.25) is 11.8 Å². The molecule has 8 nitrogen and oxygen atoms in total. The van der Waals surface area contributed by atoms with Crippen molar-refractivity contribution in [3.8, 4) is 5.75 Å². The number of amides is 2. The quantitative estimate of drug-likeness (QED) is 0.241. The Morgan fingerprint density at radius 3 is 2.24 bits per heavy atom. The van der Waals surface area contributed by atoms with Gasteiger partial charge < -0.3 is 15.0 Å². The molecule has 0 radical (unpaired) electrons. The van der Waals surface area contributed by atoms with Gasteiger partial charge in [-0.25, -0.2) is 8.42 Å². The zero-order chi connectivity index (χ0) is 31.0. The lowest BCUT2D eigenvalue weighted by Gasteiger charge is -2.34. The number of carbonyl (C=O) groups is 2. The highest BCUT2D eigenvalue weighted by atomic mass is 35.5. The Morgan fingerprint density at radius 1 is 0.976 bits per heavy atom. The van der Waals surface area contributed by atoms with Gasteiger partial charge in [-0.1, -0.05) is 72.9 Å². The van der Waals surface area contributed by atoms with Crippen molar-refractivity contribution in [3.63, 3.8) is 0 Å². The van der Waals surface area contributed by atoms with E-state index in [1.165, 1.54) is 24.1 Å². The van der Waals surface area contributed by atoms with E-state index >= 15 is 0 Å². The lowest BCUT2D eigenvalue weighted by molar-refractivity contribution is -0.140. The number of sulfonamides is 1. The normalized spacial score (nSPS) is 12.7. The van der Waals surface area contributed by atoms with Crippen molar-refractivity contribution in [2.45, 2.75) is 64.1 Å². The number of nitrogens with one attached hydrogen (secondary N) is 1. The Labute approximate surface area is 258 Å². The van der Waals surface area contributed by atoms with Crippen LogP contribution in [0.5, 0.6) is 5.75 Å². The van der Waals surface area contributed by atoms with E-state index in [4.69, 9.17) is 27.9 Å². The van der Waals surface area contributed by atoms with Crippen molar-refractivity contribution in [1.82, 2.24) is 10.2 Å². The molecule has 3 aromatic carbocycles. The molecule has 3 aromatic rings. The molecule has 0 unspecified atom stereocenters. The number of nitrogens with zero attached hydrogens (tertiary/aromatic N) is 2. The van der Waals surface area contributed by atoms with Crippen LogP contribution in [0.1, 0.15) is 44.7 Å². The minimum atomic E-state index is -4.23. The van der Waals surface area contributed by atoms with E-state index in [1.54, 1.807) is 61.5 Å². The summed E-state index contributed by atoms with van der Waals surface area (Å²) in [5.41, 5.74) is 1.64. The van der Waals surface area contributed by atoms with Gasteiger partial charge in [0.15, 0.2) is 0 Å². The first-order valence-corrected chi connectivity index (χ1v) is 15.9. The first kappa shape index (κ1) is 33.2. The molecule has 0 aromatic heterocycles. The Bertz CT molecular complexity index is 1500. The highest BCUT2D eigenvalue weighted by Crippen LogP contribution is 2.33. The van der Waals surface area contributed by atoms with Crippen LogP contribution < -0.4 is 14.4 Å². The monoisotopic (exact) mass is 633 g/mol. The highest BCUT2D eigenvalue weighted by molar-refractivity contribution is 7.92. The Hall–Kier alpha value is -3.27. The average molecular weight is 635 g/mol. The second-order valence-corrected chi connectivity index (χ2v) is 12.7. The predicted molar refractivity (Wildman–Crippen MR) is 168 cm³/mol. The SMILES string of the molecule is CC[C@@H](C)NC(=O)[C@H](CC)N(Cc1ccc(Cl)cc1Cl)C(=O)CN(c1ccccc1OC)S(=O)(=O)c1ccc(C)cc1. The van der Waals surface area contributed by atoms with Crippen LogP contribution in [0.25, 0.3) is 0 Å². The molecular formula is C31H37Cl2N3O5S. The number of anilines is 1. The molecule has 1 N–H and O–H groups in total. The topological polar surface area (TPSA) is 96.0 Å². The largest absolute Gasteiger partial charge is 0.495 e. The summed E-state index contributed by atoms with van der Waals surface area (Å²) in [6, 6.07) is 16.8. The van der Waals surface area contributed by atoms with Crippen LogP contribution in [0.2, 0.25) is 10.0 Å². The molecule has 0 spiro atoms. The second kappa shape index (κ2) is 14.8. The third-order valence-corrected chi connectivity index (χ3v) is 9.35. The van der Waals surface area contributed by atoms with Gasteiger partial charge in [-0.3, -0.25) is 13.9 Å². The molecule has 0 saturated carbocycles. The number of ether oxygens (including phenoxy) is 1. The maximum atomic E-state index is 14.2. The molecule has 0 aliphatic rings. The van der Waals surface area contributed by atoms with E-state index in [-0.39, 0.29) is 34.8 Å². The van der Waals surface area contributed by atoms with Gasteiger partial charge in [-0.05, 0) is 68.7 Å². The molecule has 0 heterocycles. The van der Waals surface area contributed by atoms with Crippen LogP contribution in [0.4, 0.5) is 5.69 Å². The summed E-state index contributed by atoms with van der Waals surface area (Å²) in [7, 11) is -2.80. The molecule has 0 aliphatic heterocycles. The maximum Gasteiger partial charge on any atom is 0.264 e. The van der Waals surface area contributed by atoms with E-state index in [0.717, 1.165) is 9.87 Å². The minimum absolute atomic E-state index is 0.0145. The van der Waals surface area contributed by atoms with Crippen LogP contribution in [0.3, 0.4) is 0 Å². The molecule has 3 rings (SSSR count). The standard InChI is InChI=1S/C31H37Cl2N3O5S/c1-6-22(4)34-31(38)27(7-2)35(19-23-14-15-24(32)18-26(23)33)30(37)20-36(28-10-8-9-11-29(28)41-5)42(39,40)25-16-12-21(3)13-17-25/h8-18,22,27H,6-7,19-20H2,1-5H3,(H,34,38)/t22-,27+/m1/s1. The van der Waals surface area contributed by atoms with E-state index in [1.807, 2.05) is 20.8 Å². The van der Waals surface area contributed by atoms with Gasteiger partial charge in [-0.15, -0.1) is 0 Å². The molecule has 2 amide bonds. The van der Waals surface area contributed by atoms with Crippen LogP contribution in [-0.2, 0) is 26.2 Å². The molecule has 0 fully saturated rings. The zero-order valence-corrected chi connectivity index (χ0v) is 26.8. The third-order valence-electron chi connectivity index (χ3n) is 6.98. The van der Waals surface area contributed by atoms with E-state index in [0.29, 0.717) is 28.5 Å². The number of methoxy groups -OCH3 is 1. The van der Waals surface area contributed by atoms with Crippen LogP contribution in [0.15, 0.2) is 71.6 Å². The fourth-order valence-corrected chi connectivity index (χ4v) is 6.27. The Balaban J connectivity index is 2.12. The lowest BCUT2D eigenvalue weighted by atomic mass is 10.1. The number of aryl methyl sites for hydroxylation is 1. The third kappa shape index (κ3) is 7.96. The van der Waals surface area contributed by atoms with Gasteiger partial charge in [0.1, 0.15) is 18.3 Å².